The molecule has 2 rings (SSSR count). The lowest BCUT2D eigenvalue weighted by Crippen LogP contribution is -2.20. The van der Waals surface area contributed by atoms with Crippen LogP contribution in [0.5, 0.6) is 0 Å². The first-order chi connectivity index (χ1) is 9.45. The van der Waals surface area contributed by atoms with E-state index in [-0.39, 0.29) is 18.1 Å². The first-order valence-corrected chi connectivity index (χ1v) is 6.74. The highest BCUT2D eigenvalue weighted by molar-refractivity contribution is 5.91. The molecular weight excluding hydrogens is 256 g/mol. The Labute approximate surface area is 118 Å². The molecule has 5 heteroatoms. The van der Waals surface area contributed by atoms with E-state index in [4.69, 9.17) is 4.74 Å². The van der Waals surface area contributed by atoms with Gasteiger partial charge in [-0.15, -0.1) is 0 Å². The fourth-order valence-corrected chi connectivity index (χ4v) is 2.18. The summed E-state index contributed by atoms with van der Waals surface area (Å²) in [5, 5.41) is 2.90. The van der Waals surface area contributed by atoms with Crippen molar-refractivity contribution in [1.29, 1.82) is 0 Å². The maximum atomic E-state index is 11.9. The van der Waals surface area contributed by atoms with Crippen LogP contribution < -0.4 is 5.32 Å². The van der Waals surface area contributed by atoms with Crippen molar-refractivity contribution in [2.75, 3.05) is 18.9 Å². The molecule has 1 aromatic rings. The van der Waals surface area contributed by atoms with E-state index >= 15 is 0 Å². The zero-order valence-corrected chi connectivity index (χ0v) is 12.1. The van der Waals surface area contributed by atoms with Crippen LogP contribution in [0.4, 0.5) is 10.5 Å². The molecule has 5 nitrogen and oxygen atoms in total. The van der Waals surface area contributed by atoms with Gasteiger partial charge in [0, 0.05) is 19.2 Å². The fraction of sp³-hybridized carbons (Fsp3) is 0.467. The van der Waals surface area contributed by atoms with Gasteiger partial charge in [0.25, 0.3) is 0 Å². The largest absolute Gasteiger partial charge is 0.444 e. The third-order valence-electron chi connectivity index (χ3n) is 3.42. The Balaban J connectivity index is 1.84. The molecule has 1 aromatic carbocycles. The van der Waals surface area contributed by atoms with E-state index in [9.17, 15) is 9.59 Å². The molecule has 0 bridgehead atoms. The van der Waals surface area contributed by atoms with Crippen LogP contribution in [0, 0.1) is 13.8 Å². The highest BCUT2D eigenvalue weighted by Crippen LogP contribution is 2.18. The smallest absolute Gasteiger partial charge is 0.409 e. The van der Waals surface area contributed by atoms with Crippen LogP contribution in [0.2, 0.25) is 0 Å². The second-order valence-electron chi connectivity index (χ2n) is 5.29. The summed E-state index contributed by atoms with van der Waals surface area (Å²) in [4.78, 5) is 24.7. The van der Waals surface area contributed by atoms with Crippen molar-refractivity contribution in [3.05, 3.63) is 29.3 Å². The van der Waals surface area contributed by atoms with E-state index in [0.29, 0.717) is 19.4 Å². The lowest BCUT2D eigenvalue weighted by atomic mass is 10.1. The van der Waals surface area contributed by atoms with Crippen LogP contribution in [-0.4, -0.2) is 36.6 Å². The number of nitrogens with one attached hydrogen (secondary N) is 1. The van der Waals surface area contributed by atoms with E-state index in [1.807, 2.05) is 32.0 Å². The molecule has 20 heavy (non-hydrogen) atoms. The highest BCUT2D eigenvalue weighted by atomic mass is 16.6. The normalized spacial score (nSPS) is 18.1. The van der Waals surface area contributed by atoms with Crippen molar-refractivity contribution in [1.82, 2.24) is 4.90 Å². The van der Waals surface area contributed by atoms with E-state index in [0.717, 1.165) is 16.8 Å². The van der Waals surface area contributed by atoms with Gasteiger partial charge in [0.15, 0.2) is 0 Å². The Hall–Kier alpha value is -2.04. The topological polar surface area (TPSA) is 58.6 Å². The zero-order chi connectivity index (χ0) is 14.7. The molecule has 0 aromatic heterocycles. The summed E-state index contributed by atoms with van der Waals surface area (Å²) in [6, 6.07) is 5.95. The van der Waals surface area contributed by atoms with E-state index in [1.165, 1.54) is 4.90 Å². The molecule has 1 fully saturated rings. The number of carbonyl (C=O) groups is 2. The fourth-order valence-electron chi connectivity index (χ4n) is 2.18. The predicted molar refractivity (Wildman–Crippen MR) is 76.7 cm³/mol. The average molecular weight is 276 g/mol. The number of ether oxygens (including phenoxy) is 1. The Kier molecular flexibility index (Phi) is 4.27. The molecule has 1 heterocycles. The van der Waals surface area contributed by atoms with Crippen molar-refractivity contribution >= 4 is 17.7 Å². The Morgan fingerprint density at radius 2 is 2.20 bits per heavy atom. The zero-order valence-electron chi connectivity index (χ0n) is 12.1. The van der Waals surface area contributed by atoms with Gasteiger partial charge >= 0.3 is 6.09 Å². The van der Waals surface area contributed by atoms with Crippen LogP contribution in [0.25, 0.3) is 0 Å². The number of cyclic esters (lactones) is 1. The van der Waals surface area contributed by atoms with E-state index in [1.54, 1.807) is 7.05 Å². The molecule has 1 saturated heterocycles. The van der Waals surface area contributed by atoms with Crippen LogP contribution in [0.15, 0.2) is 18.2 Å². The summed E-state index contributed by atoms with van der Waals surface area (Å²) in [5.74, 6) is -0.0516. The minimum Gasteiger partial charge on any atom is -0.444 e. The maximum absolute atomic E-state index is 11.9. The van der Waals surface area contributed by atoms with Gasteiger partial charge in [-0.1, -0.05) is 12.1 Å². The second kappa shape index (κ2) is 5.94. The lowest BCUT2D eigenvalue weighted by molar-refractivity contribution is -0.116. The summed E-state index contributed by atoms with van der Waals surface area (Å²) >= 11 is 0. The minimum atomic E-state index is -0.315. The summed E-state index contributed by atoms with van der Waals surface area (Å²) in [6.07, 6.45) is 0.396. The van der Waals surface area contributed by atoms with Crippen LogP contribution in [-0.2, 0) is 9.53 Å². The number of likely N-dealkylation sites (N-methyl/N-ethyl adjacent to an activating group) is 1. The molecule has 0 spiro atoms. The summed E-state index contributed by atoms with van der Waals surface area (Å²) in [7, 11) is 1.69. The molecule has 1 aliphatic rings. The van der Waals surface area contributed by atoms with Crippen LogP contribution in [0.1, 0.15) is 24.0 Å². The number of aryl methyl sites for hydroxylation is 2. The molecule has 1 atom stereocenters. The van der Waals surface area contributed by atoms with Gasteiger partial charge < -0.3 is 15.0 Å². The quantitative estimate of drug-likeness (QED) is 0.919. The third-order valence-corrected chi connectivity index (χ3v) is 3.42. The molecule has 2 amide bonds. The average Bonchev–Trinajstić information content (AvgIpc) is 2.71. The predicted octanol–water partition coefficient (Wildman–Crippen LogP) is 2.47. The Morgan fingerprint density at radius 3 is 2.85 bits per heavy atom. The summed E-state index contributed by atoms with van der Waals surface area (Å²) in [5.41, 5.74) is 2.99. The molecule has 0 radical (unpaired) electrons. The van der Waals surface area contributed by atoms with Crippen molar-refractivity contribution in [2.45, 2.75) is 32.8 Å². The van der Waals surface area contributed by atoms with Crippen LogP contribution in [0.3, 0.4) is 0 Å². The minimum absolute atomic E-state index is 0.0516. The summed E-state index contributed by atoms with van der Waals surface area (Å²) < 4.78 is 5.12. The Bertz CT molecular complexity index is 528. The number of benzene rings is 1. The van der Waals surface area contributed by atoms with Crippen molar-refractivity contribution < 1.29 is 14.3 Å². The number of nitrogens with zero attached hydrogens (tertiary/aromatic N) is 1. The lowest BCUT2D eigenvalue weighted by Gasteiger charge is -2.11. The summed E-state index contributed by atoms with van der Waals surface area (Å²) in [6.45, 7) is 4.50. The number of hydrogen-bond donors (Lipinski definition) is 1. The molecule has 1 N–H and O–H groups in total. The second-order valence-corrected chi connectivity index (χ2v) is 5.29. The highest BCUT2D eigenvalue weighted by Gasteiger charge is 2.28. The molecular formula is C15H20N2O3. The first kappa shape index (κ1) is 14.4. The standard InChI is InChI=1S/C15H20N2O3/c1-10-4-5-11(2)13(8-10)16-14(18)7-6-12-9-17(3)15(19)20-12/h4-5,8,12H,6-7,9H2,1-3H3,(H,16,18). The van der Waals surface area contributed by atoms with Gasteiger partial charge in [0.05, 0.1) is 6.54 Å². The monoisotopic (exact) mass is 276 g/mol. The van der Waals surface area contributed by atoms with Crippen LogP contribution >= 0.6 is 0 Å². The maximum Gasteiger partial charge on any atom is 0.409 e. The number of rotatable bonds is 4. The van der Waals surface area contributed by atoms with Crippen molar-refractivity contribution in [3.8, 4) is 0 Å². The van der Waals surface area contributed by atoms with E-state index in [2.05, 4.69) is 5.32 Å². The van der Waals surface area contributed by atoms with Gasteiger partial charge in [-0.3, -0.25) is 4.79 Å². The molecule has 1 aliphatic heterocycles. The van der Waals surface area contributed by atoms with Crippen molar-refractivity contribution in [2.24, 2.45) is 0 Å². The molecule has 0 aliphatic carbocycles. The van der Waals surface area contributed by atoms with Gasteiger partial charge in [-0.2, -0.15) is 0 Å². The van der Waals surface area contributed by atoms with Crippen molar-refractivity contribution in [3.63, 3.8) is 0 Å². The van der Waals surface area contributed by atoms with E-state index < -0.39 is 0 Å². The van der Waals surface area contributed by atoms with Gasteiger partial charge in [-0.05, 0) is 37.5 Å². The third kappa shape index (κ3) is 3.50. The first-order valence-electron chi connectivity index (χ1n) is 6.74. The van der Waals surface area contributed by atoms with Gasteiger partial charge in [0.2, 0.25) is 5.91 Å². The molecule has 0 saturated carbocycles. The number of amides is 2. The molecule has 1 unspecified atom stereocenters. The number of hydrogen-bond acceptors (Lipinski definition) is 3. The Morgan fingerprint density at radius 1 is 1.45 bits per heavy atom. The van der Waals surface area contributed by atoms with Gasteiger partial charge in [0.1, 0.15) is 6.10 Å². The number of carbonyl (C=O) groups excluding carboxylic acids is 2. The SMILES string of the molecule is Cc1ccc(C)c(NC(=O)CCC2CN(C)C(=O)O2)c1. The van der Waals surface area contributed by atoms with Gasteiger partial charge in [-0.25, -0.2) is 4.79 Å². The number of anilines is 1. The molecule has 108 valence electrons.